The van der Waals surface area contributed by atoms with Crippen LogP contribution in [-0.4, -0.2) is 59.3 Å². The predicted molar refractivity (Wildman–Crippen MR) is 62.6 cm³/mol. The molecule has 0 aromatic carbocycles. The molecule has 6 nitrogen and oxygen atoms in total. The third kappa shape index (κ3) is 5.50. The molecule has 1 heterocycles. The van der Waals surface area contributed by atoms with Crippen molar-refractivity contribution in [3.63, 3.8) is 0 Å². The summed E-state index contributed by atoms with van der Waals surface area (Å²) in [5, 5.41) is 20.5. The highest BCUT2D eigenvalue weighted by atomic mass is 35.5. The lowest BCUT2D eigenvalue weighted by Gasteiger charge is -2.31. The molecule has 1 rings (SSSR count). The normalized spacial score (nSPS) is 17.8. The Bertz CT molecular complexity index is 234. The smallest absolute Gasteiger partial charge is 0.321 e. The molecule has 3 N–H and O–H groups in total. The minimum absolute atomic E-state index is 0. The van der Waals surface area contributed by atoms with Crippen LogP contribution in [-0.2, 0) is 9.59 Å². The van der Waals surface area contributed by atoms with E-state index in [1.165, 1.54) is 0 Å². The third-order valence-electron chi connectivity index (χ3n) is 2.25. The van der Waals surface area contributed by atoms with Crippen LogP contribution in [0, 0.1) is 0 Å². The van der Waals surface area contributed by atoms with Crippen molar-refractivity contribution < 1.29 is 19.8 Å². The van der Waals surface area contributed by atoms with Crippen LogP contribution in [0.1, 0.15) is 6.42 Å². The molecular weight excluding hydrogens is 259 g/mol. The maximum Gasteiger partial charge on any atom is 0.321 e. The van der Waals surface area contributed by atoms with Crippen LogP contribution >= 0.6 is 24.8 Å². The van der Waals surface area contributed by atoms with Gasteiger partial charge in [-0.1, -0.05) is 0 Å². The van der Waals surface area contributed by atoms with Crippen molar-refractivity contribution in [2.24, 2.45) is 0 Å². The van der Waals surface area contributed by atoms with Gasteiger partial charge in [-0.15, -0.1) is 24.8 Å². The number of aliphatic carboxylic acids is 2. The van der Waals surface area contributed by atoms with Gasteiger partial charge in [0.05, 0.1) is 6.42 Å². The van der Waals surface area contributed by atoms with Gasteiger partial charge in [0.15, 0.2) is 0 Å². The van der Waals surface area contributed by atoms with Crippen LogP contribution in [0.15, 0.2) is 0 Å². The maximum absolute atomic E-state index is 10.8. The van der Waals surface area contributed by atoms with Crippen molar-refractivity contribution in [2.75, 3.05) is 26.2 Å². The van der Waals surface area contributed by atoms with Crippen LogP contribution in [0.2, 0.25) is 0 Å². The molecule has 0 aromatic rings. The van der Waals surface area contributed by atoms with Gasteiger partial charge in [0.2, 0.25) is 0 Å². The van der Waals surface area contributed by atoms with Crippen molar-refractivity contribution in [3.8, 4) is 0 Å². The van der Waals surface area contributed by atoms with E-state index in [2.05, 4.69) is 5.32 Å². The minimum atomic E-state index is -1.07. The first-order valence-electron chi connectivity index (χ1n) is 4.50. The molecule has 1 saturated heterocycles. The van der Waals surface area contributed by atoms with Gasteiger partial charge in [0.25, 0.3) is 0 Å². The average Bonchev–Trinajstić information content (AvgIpc) is 2.15. The topological polar surface area (TPSA) is 89.9 Å². The second kappa shape index (κ2) is 8.58. The fourth-order valence-electron chi connectivity index (χ4n) is 1.53. The molecule has 0 bridgehead atoms. The molecule has 8 heteroatoms. The van der Waals surface area contributed by atoms with E-state index < -0.39 is 18.0 Å². The molecule has 96 valence electrons. The Morgan fingerprint density at radius 1 is 1.19 bits per heavy atom. The van der Waals surface area contributed by atoms with Gasteiger partial charge in [-0.25, -0.2) is 0 Å². The van der Waals surface area contributed by atoms with Crippen LogP contribution < -0.4 is 5.32 Å². The summed E-state index contributed by atoms with van der Waals surface area (Å²) in [6.07, 6.45) is -0.338. The van der Waals surface area contributed by atoms with E-state index in [1.54, 1.807) is 4.90 Å². The first kappa shape index (κ1) is 17.8. The van der Waals surface area contributed by atoms with E-state index in [-0.39, 0.29) is 31.2 Å². The summed E-state index contributed by atoms with van der Waals surface area (Å²) in [7, 11) is 0. The highest BCUT2D eigenvalue weighted by Crippen LogP contribution is 2.06. The number of rotatable bonds is 4. The van der Waals surface area contributed by atoms with E-state index in [4.69, 9.17) is 10.2 Å². The van der Waals surface area contributed by atoms with Crippen molar-refractivity contribution >= 4 is 36.8 Å². The zero-order chi connectivity index (χ0) is 10.6. The molecule has 1 aliphatic rings. The van der Waals surface area contributed by atoms with E-state index in [1.807, 2.05) is 0 Å². The largest absolute Gasteiger partial charge is 0.481 e. The summed E-state index contributed by atoms with van der Waals surface area (Å²) in [4.78, 5) is 22.9. The number of carboxylic acid groups (broad SMARTS) is 2. The van der Waals surface area contributed by atoms with E-state index in [0.717, 1.165) is 0 Å². The number of nitrogens with zero attached hydrogens (tertiary/aromatic N) is 1. The highest BCUT2D eigenvalue weighted by Gasteiger charge is 2.28. The lowest BCUT2D eigenvalue weighted by molar-refractivity contribution is -0.150. The zero-order valence-corrected chi connectivity index (χ0v) is 10.2. The third-order valence-corrected chi connectivity index (χ3v) is 2.25. The van der Waals surface area contributed by atoms with Gasteiger partial charge >= 0.3 is 11.9 Å². The van der Waals surface area contributed by atoms with Crippen molar-refractivity contribution in [3.05, 3.63) is 0 Å². The quantitative estimate of drug-likeness (QED) is 0.650. The van der Waals surface area contributed by atoms with Gasteiger partial charge in [-0.3, -0.25) is 14.5 Å². The fourth-order valence-corrected chi connectivity index (χ4v) is 1.53. The van der Waals surface area contributed by atoms with Crippen molar-refractivity contribution in [2.45, 2.75) is 12.5 Å². The number of nitrogens with one attached hydrogen (secondary N) is 1. The number of hydrogen-bond acceptors (Lipinski definition) is 4. The first-order chi connectivity index (χ1) is 6.61. The molecular formula is C8H16Cl2N2O4. The van der Waals surface area contributed by atoms with Gasteiger partial charge < -0.3 is 15.5 Å². The zero-order valence-electron chi connectivity index (χ0n) is 8.59. The lowest BCUT2D eigenvalue weighted by Crippen LogP contribution is -2.51. The van der Waals surface area contributed by atoms with Gasteiger partial charge in [0, 0.05) is 26.2 Å². The SMILES string of the molecule is Cl.Cl.O=C(O)CC(C(=O)O)N1CCNCC1. The predicted octanol–water partition coefficient (Wildman–Crippen LogP) is -0.337. The van der Waals surface area contributed by atoms with Crippen LogP contribution in [0.5, 0.6) is 0 Å². The Hall–Kier alpha value is -0.560. The van der Waals surface area contributed by atoms with Crippen molar-refractivity contribution in [1.29, 1.82) is 0 Å². The fraction of sp³-hybridized carbons (Fsp3) is 0.750. The molecule has 16 heavy (non-hydrogen) atoms. The number of halogens is 2. The second-order valence-electron chi connectivity index (χ2n) is 3.24. The molecule has 1 fully saturated rings. The Kier molecular flexibility index (Phi) is 9.55. The maximum atomic E-state index is 10.8. The number of piperazine rings is 1. The van der Waals surface area contributed by atoms with Crippen molar-refractivity contribution in [1.82, 2.24) is 10.2 Å². The molecule has 0 aliphatic carbocycles. The summed E-state index contributed by atoms with van der Waals surface area (Å²) < 4.78 is 0. The number of carboxylic acids is 2. The molecule has 0 saturated carbocycles. The summed E-state index contributed by atoms with van der Waals surface area (Å²) in [5.41, 5.74) is 0. The van der Waals surface area contributed by atoms with Crippen LogP contribution in [0.25, 0.3) is 0 Å². The number of hydrogen-bond donors (Lipinski definition) is 3. The summed E-state index contributed by atoms with van der Waals surface area (Å²) in [6.45, 7) is 2.60. The Balaban J connectivity index is 0. The number of carbonyl (C=O) groups is 2. The molecule has 0 aromatic heterocycles. The molecule has 1 unspecified atom stereocenters. The van der Waals surface area contributed by atoms with E-state index >= 15 is 0 Å². The standard InChI is InChI=1S/C8H14N2O4.2ClH/c11-7(12)5-6(8(13)14)10-3-1-9-2-4-10;;/h6,9H,1-5H2,(H,11,12)(H,13,14);2*1H. The average molecular weight is 275 g/mol. The monoisotopic (exact) mass is 274 g/mol. The molecule has 1 atom stereocenters. The van der Waals surface area contributed by atoms with Crippen LogP contribution in [0.3, 0.4) is 0 Å². The van der Waals surface area contributed by atoms with Gasteiger partial charge in [0.1, 0.15) is 6.04 Å². The second-order valence-corrected chi connectivity index (χ2v) is 3.24. The summed E-state index contributed by atoms with van der Waals surface area (Å²) in [5.74, 6) is -2.13. The highest BCUT2D eigenvalue weighted by molar-refractivity contribution is 5.85. The van der Waals surface area contributed by atoms with Gasteiger partial charge in [-0.2, -0.15) is 0 Å². The summed E-state index contributed by atoms with van der Waals surface area (Å²) >= 11 is 0. The minimum Gasteiger partial charge on any atom is -0.481 e. The van der Waals surface area contributed by atoms with Gasteiger partial charge in [-0.05, 0) is 0 Å². The van der Waals surface area contributed by atoms with E-state index in [0.29, 0.717) is 26.2 Å². The summed E-state index contributed by atoms with van der Waals surface area (Å²) in [6, 6.07) is -0.894. The molecule has 0 amide bonds. The van der Waals surface area contributed by atoms with E-state index in [9.17, 15) is 9.59 Å². The Morgan fingerprint density at radius 3 is 2.06 bits per heavy atom. The first-order valence-corrected chi connectivity index (χ1v) is 4.50. The molecule has 0 radical (unpaired) electrons. The Labute approximate surface area is 106 Å². The van der Waals surface area contributed by atoms with Crippen LogP contribution in [0.4, 0.5) is 0 Å². The molecule has 1 aliphatic heterocycles. The lowest BCUT2D eigenvalue weighted by atomic mass is 10.1. The Morgan fingerprint density at radius 2 is 1.69 bits per heavy atom. The molecule has 0 spiro atoms.